The van der Waals surface area contributed by atoms with E-state index in [1.165, 1.54) is 0 Å². The Bertz CT molecular complexity index is 173. The van der Waals surface area contributed by atoms with Crippen LogP contribution in [0.4, 0.5) is 0 Å². The number of likely N-dealkylation sites (N-methyl/N-ethyl adjacent to an activating group) is 2. The Kier molecular flexibility index (Phi) is 7.40. The van der Waals surface area contributed by atoms with Gasteiger partial charge in [-0.1, -0.05) is 0 Å². The number of nitrogens with one attached hydrogen (secondary N) is 1. The van der Waals surface area contributed by atoms with Crippen LogP contribution in [0.3, 0.4) is 0 Å². The molecule has 14 heavy (non-hydrogen) atoms. The third-order valence-corrected chi connectivity index (χ3v) is 2.14. The Labute approximate surface area is 87.5 Å². The molecular formula is C10H22N4. The molecule has 0 aromatic heterocycles. The molecule has 4 nitrogen and oxygen atoms in total. The Morgan fingerprint density at radius 3 is 2.36 bits per heavy atom. The monoisotopic (exact) mass is 198 g/mol. The zero-order valence-electron chi connectivity index (χ0n) is 9.75. The van der Waals surface area contributed by atoms with Crippen molar-refractivity contribution in [2.75, 3.05) is 47.8 Å². The van der Waals surface area contributed by atoms with Crippen LogP contribution < -0.4 is 5.32 Å². The normalized spacial score (nSPS) is 13.2. The second-order valence-corrected chi connectivity index (χ2v) is 3.89. The van der Waals surface area contributed by atoms with Gasteiger partial charge in [-0.3, -0.25) is 0 Å². The predicted molar refractivity (Wildman–Crippen MR) is 59.1 cm³/mol. The highest BCUT2D eigenvalue weighted by Gasteiger charge is 2.07. The van der Waals surface area contributed by atoms with E-state index in [-0.39, 0.29) is 6.04 Å². The van der Waals surface area contributed by atoms with Crippen LogP contribution in [-0.4, -0.2) is 63.7 Å². The highest BCUT2D eigenvalue weighted by Crippen LogP contribution is 1.91. The molecule has 0 aliphatic heterocycles. The van der Waals surface area contributed by atoms with Crippen molar-refractivity contribution in [3.63, 3.8) is 0 Å². The van der Waals surface area contributed by atoms with Crippen LogP contribution in [0, 0.1) is 11.3 Å². The van der Waals surface area contributed by atoms with E-state index < -0.39 is 0 Å². The third-order valence-electron chi connectivity index (χ3n) is 2.14. The first-order valence-electron chi connectivity index (χ1n) is 5.00. The lowest BCUT2D eigenvalue weighted by molar-refractivity contribution is 0.289. The molecule has 0 rings (SSSR count). The molecule has 0 aliphatic carbocycles. The number of rotatable bonds is 7. The number of hydrogen-bond donors (Lipinski definition) is 1. The summed E-state index contributed by atoms with van der Waals surface area (Å²) in [6, 6.07) is 2.16. The van der Waals surface area contributed by atoms with E-state index in [9.17, 15) is 0 Å². The summed E-state index contributed by atoms with van der Waals surface area (Å²) in [7, 11) is 8.02. The van der Waals surface area contributed by atoms with Gasteiger partial charge in [-0.2, -0.15) is 5.26 Å². The highest BCUT2D eigenvalue weighted by atomic mass is 15.1. The van der Waals surface area contributed by atoms with Gasteiger partial charge in [0.1, 0.15) is 6.04 Å². The summed E-state index contributed by atoms with van der Waals surface area (Å²) >= 11 is 0. The van der Waals surface area contributed by atoms with Crippen LogP contribution in [0.2, 0.25) is 0 Å². The van der Waals surface area contributed by atoms with Crippen molar-refractivity contribution in [2.24, 2.45) is 0 Å². The molecule has 82 valence electrons. The quantitative estimate of drug-likeness (QED) is 0.624. The molecule has 0 bridgehead atoms. The van der Waals surface area contributed by atoms with Gasteiger partial charge in [-0.15, -0.1) is 0 Å². The van der Waals surface area contributed by atoms with E-state index in [4.69, 9.17) is 5.26 Å². The van der Waals surface area contributed by atoms with Gasteiger partial charge in [0.15, 0.2) is 0 Å². The molecule has 1 atom stereocenters. The Morgan fingerprint density at radius 2 is 1.93 bits per heavy atom. The molecule has 4 heteroatoms. The fraction of sp³-hybridized carbons (Fsp3) is 0.900. The summed E-state index contributed by atoms with van der Waals surface area (Å²) in [6.45, 7) is 2.93. The van der Waals surface area contributed by atoms with Gasteiger partial charge in [0.05, 0.1) is 6.07 Å². The molecule has 0 amide bonds. The fourth-order valence-corrected chi connectivity index (χ4v) is 1.26. The maximum absolute atomic E-state index is 8.74. The van der Waals surface area contributed by atoms with Gasteiger partial charge >= 0.3 is 0 Å². The molecular weight excluding hydrogens is 176 g/mol. The molecule has 0 heterocycles. The van der Waals surface area contributed by atoms with Gasteiger partial charge in [-0.25, -0.2) is 0 Å². The van der Waals surface area contributed by atoms with Crippen molar-refractivity contribution in [3.8, 4) is 6.07 Å². The minimum atomic E-state index is -0.0562. The zero-order valence-corrected chi connectivity index (χ0v) is 9.75. The van der Waals surface area contributed by atoms with Crippen molar-refractivity contribution < 1.29 is 0 Å². The van der Waals surface area contributed by atoms with Gasteiger partial charge in [0.25, 0.3) is 0 Å². The van der Waals surface area contributed by atoms with Crippen LogP contribution in [0.1, 0.15) is 6.42 Å². The first-order valence-corrected chi connectivity index (χ1v) is 5.00. The predicted octanol–water partition coefficient (Wildman–Crippen LogP) is -0.0185. The highest BCUT2D eigenvalue weighted by molar-refractivity contribution is 4.90. The first-order chi connectivity index (χ1) is 6.60. The summed E-state index contributed by atoms with van der Waals surface area (Å²) in [5.41, 5.74) is 0. The maximum Gasteiger partial charge on any atom is 0.108 e. The second kappa shape index (κ2) is 7.74. The third kappa shape index (κ3) is 6.84. The largest absolute Gasteiger partial charge is 0.309 e. The van der Waals surface area contributed by atoms with Gasteiger partial charge < -0.3 is 15.1 Å². The lowest BCUT2D eigenvalue weighted by Gasteiger charge is -2.20. The van der Waals surface area contributed by atoms with Gasteiger partial charge in [-0.05, 0) is 47.7 Å². The molecule has 0 spiro atoms. The van der Waals surface area contributed by atoms with E-state index in [1.807, 2.05) is 7.05 Å². The molecule has 0 aliphatic rings. The summed E-state index contributed by atoms with van der Waals surface area (Å²) in [5.74, 6) is 0. The zero-order chi connectivity index (χ0) is 11.0. The molecule has 0 aromatic carbocycles. The molecule has 0 aromatic rings. The molecule has 1 N–H and O–H groups in total. The van der Waals surface area contributed by atoms with Gasteiger partial charge in [0, 0.05) is 6.54 Å². The first kappa shape index (κ1) is 13.4. The summed E-state index contributed by atoms with van der Waals surface area (Å²) in [6.07, 6.45) is 1.14. The van der Waals surface area contributed by atoms with Crippen LogP contribution in [0.5, 0.6) is 0 Å². The average Bonchev–Trinajstić information content (AvgIpc) is 2.13. The topological polar surface area (TPSA) is 42.3 Å². The molecule has 0 radical (unpaired) electrons. The second-order valence-electron chi connectivity index (χ2n) is 3.89. The van der Waals surface area contributed by atoms with E-state index in [2.05, 4.69) is 42.3 Å². The standard InChI is InChI=1S/C10H22N4/c1-12-10(8-11)9-14(4)7-5-6-13(2)3/h10,12H,5-7,9H2,1-4H3. The Balaban J connectivity index is 3.55. The van der Waals surface area contributed by atoms with Crippen LogP contribution in [-0.2, 0) is 0 Å². The van der Waals surface area contributed by atoms with E-state index in [1.54, 1.807) is 0 Å². The molecule has 1 unspecified atom stereocenters. The molecule has 0 saturated carbocycles. The lowest BCUT2D eigenvalue weighted by atomic mass is 10.3. The maximum atomic E-state index is 8.74. The van der Waals surface area contributed by atoms with E-state index >= 15 is 0 Å². The van der Waals surface area contributed by atoms with Gasteiger partial charge in [0.2, 0.25) is 0 Å². The van der Waals surface area contributed by atoms with E-state index in [0.29, 0.717) is 0 Å². The number of nitrogens with zero attached hydrogens (tertiary/aromatic N) is 3. The van der Waals surface area contributed by atoms with Crippen LogP contribution in [0.25, 0.3) is 0 Å². The Morgan fingerprint density at radius 1 is 1.29 bits per heavy atom. The molecule has 0 saturated heterocycles. The average molecular weight is 198 g/mol. The van der Waals surface area contributed by atoms with Crippen molar-refractivity contribution in [2.45, 2.75) is 12.5 Å². The number of nitriles is 1. The van der Waals surface area contributed by atoms with Crippen LogP contribution >= 0.6 is 0 Å². The molecule has 0 fully saturated rings. The van der Waals surface area contributed by atoms with Crippen molar-refractivity contribution in [3.05, 3.63) is 0 Å². The minimum absolute atomic E-state index is 0.0562. The summed E-state index contributed by atoms with van der Waals surface area (Å²) in [4.78, 5) is 4.36. The smallest absolute Gasteiger partial charge is 0.108 e. The van der Waals surface area contributed by atoms with E-state index in [0.717, 1.165) is 26.1 Å². The van der Waals surface area contributed by atoms with Crippen molar-refractivity contribution in [1.29, 1.82) is 5.26 Å². The van der Waals surface area contributed by atoms with Crippen molar-refractivity contribution in [1.82, 2.24) is 15.1 Å². The summed E-state index contributed by atoms with van der Waals surface area (Å²) in [5, 5.41) is 11.7. The van der Waals surface area contributed by atoms with Crippen molar-refractivity contribution >= 4 is 0 Å². The fourth-order valence-electron chi connectivity index (χ4n) is 1.26. The Hall–Kier alpha value is -0.630. The SMILES string of the molecule is CNC(C#N)CN(C)CCCN(C)C. The minimum Gasteiger partial charge on any atom is -0.309 e. The lowest BCUT2D eigenvalue weighted by Crippen LogP contribution is -2.37. The number of hydrogen-bond acceptors (Lipinski definition) is 4. The summed E-state index contributed by atoms with van der Waals surface area (Å²) < 4.78 is 0. The van der Waals surface area contributed by atoms with Crippen LogP contribution in [0.15, 0.2) is 0 Å².